The minimum atomic E-state index is 0.101. The van der Waals surface area contributed by atoms with Crippen LogP contribution >= 0.6 is 15.9 Å². The quantitative estimate of drug-likeness (QED) is 0.943. The highest BCUT2D eigenvalue weighted by atomic mass is 79.9. The molecule has 2 rings (SSSR count). The van der Waals surface area contributed by atoms with Crippen molar-refractivity contribution in [3.8, 4) is 11.8 Å². The van der Waals surface area contributed by atoms with E-state index in [1.165, 1.54) is 0 Å². The molecule has 94 valence electrons. The highest BCUT2D eigenvalue weighted by Crippen LogP contribution is 2.27. The molecular weight excluding hydrogens is 294 g/mol. The standard InChI is InChI=1S/C13H14BrN3O/c1-9(15)6-10-7-16-13(17-8-10)18-12-5-3-2-4-11(12)14/h2-5,7-9H,6,15H2,1H3. The van der Waals surface area contributed by atoms with Gasteiger partial charge in [0.25, 0.3) is 0 Å². The first-order valence-electron chi connectivity index (χ1n) is 5.64. The average Bonchev–Trinajstić information content (AvgIpc) is 2.34. The Kier molecular flexibility index (Phi) is 4.28. The zero-order valence-corrected chi connectivity index (χ0v) is 11.6. The molecule has 1 heterocycles. The number of ether oxygens (including phenoxy) is 1. The summed E-state index contributed by atoms with van der Waals surface area (Å²) in [6.45, 7) is 1.95. The summed E-state index contributed by atoms with van der Waals surface area (Å²) < 4.78 is 6.44. The monoisotopic (exact) mass is 307 g/mol. The number of hydrogen-bond donors (Lipinski definition) is 1. The molecule has 4 nitrogen and oxygen atoms in total. The first-order chi connectivity index (χ1) is 8.65. The van der Waals surface area contributed by atoms with Crippen molar-refractivity contribution in [2.24, 2.45) is 5.73 Å². The van der Waals surface area contributed by atoms with Crippen LogP contribution in [-0.4, -0.2) is 16.0 Å². The van der Waals surface area contributed by atoms with Gasteiger partial charge in [0, 0.05) is 18.4 Å². The van der Waals surface area contributed by atoms with E-state index >= 15 is 0 Å². The molecule has 1 aromatic heterocycles. The fraction of sp³-hybridized carbons (Fsp3) is 0.231. The lowest BCUT2D eigenvalue weighted by atomic mass is 10.1. The van der Waals surface area contributed by atoms with E-state index in [0.717, 1.165) is 16.5 Å². The van der Waals surface area contributed by atoms with Crippen molar-refractivity contribution in [3.05, 3.63) is 46.7 Å². The van der Waals surface area contributed by atoms with Crippen LogP contribution in [0.25, 0.3) is 0 Å². The number of benzene rings is 1. The van der Waals surface area contributed by atoms with Crippen molar-refractivity contribution in [2.75, 3.05) is 0 Å². The van der Waals surface area contributed by atoms with E-state index in [0.29, 0.717) is 11.8 Å². The van der Waals surface area contributed by atoms with Crippen LogP contribution in [0.2, 0.25) is 0 Å². The summed E-state index contributed by atoms with van der Waals surface area (Å²) in [4.78, 5) is 8.32. The van der Waals surface area contributed by atoms with Gasteiger partial charge in [0.2, 0.25) is 0 Å². The average molecular weight is 308 g/mol. The fourth-order valence-electron chi connectivity index (χ4n) is 1.50. The van der Waals surface area contributed by atoms with Gasteiger partial charge in [0.1, 0.15) is 5.75 Å². The van der Waals surface area contributed by atoms with Gasteiger partial charge < -0.3 is 10.5 Å². The Bertz CT molecular complexity index is 514. The second-order valence-electron chi connectivity index (χ2n) is 4.09. The second kappa shape index (κ2) is 5.93. The van der Waals surface area contributed by atoms with Crippen molar-refractivity contribution >= 4 is 15.9 Å². The van der Waals surface area contributed by atoms with Gasteiger partial charge in [-0.05, 0) is 47.0 Å². The van der Waals surface area contributed by atoms with Crippen LogP contribution in [-0.2, 0) is 6.42 Å². The largest absolute Gasteiger partial charge is 0.423 e. The number of halogens is 1. The Labute approximate surface area is 114 Å². The molecule has 2 N–H and O–H groups in total. The van der Waals surface area contributed by atoms with Crippen molar-refractivity contribution in [1.29, 1.82) is 0 Å². The number of hydrogen-bond acceptors (Lipinski definition) is 4. The molecule has 0 spiro atoms. The molecule has 2 aromatic rings. The number of aromatic nitrogens is 2. The third kappa shape index (κ3) is 3.51. The van der Waals surface area contributed by atoms with Gasteiger partial charge >= 0.3 is 6.01 Å². The summed E-state index contributed by atoms with van der Waals surface area (Å²) >= 11 is 3.40. The fourth-order valence-corrected chi connectivity index (χ4v) is 1.86. The Morgan fingerprint density at radius 3 is 2.56 bits per heavy atom. The van der Waals surface area contributed by atoms with Crippen molar-refractivity contribution in [3.63, 3.8) is 0 Å². The SMILES string of the molecule is CC(N)Cc1cnc(Oc2ccccc2Br)nc1. The smallest absolute Gasteiger partial charge is 0.321 e. The van der Waals surface area contributed by atoms with Crippen LogP contribution in [0.4, 0.5) is 0 Å². The van der Waals surface area contributed by atoms with Gasteiger partial charge in [-0.15, -0.1) is 0 Å². The first-order valence-corrected chi connectivity index (χ1v) is 6.43. The number of para-hydroxylation sites is 1. The van der Waals surface area contributed by atoms with Gasteiger partial charge in [0.15, 0.2) is 0 Å². The molecule has 0 amide bonds. The maximum atomic E-state index is 5.71. The summed E-state index contributed by atoms with van der Waals surface area (Å²) in [5.41, 5.74) is 6.72. The number of rotatable bonds is 4. The van der Waals surface area contributed by atoms with Gasteiger partial charge in [0.05, 0.1) is 4.47 Å². The van der Waals surface area contributed by atoms with Crippen molar-refractivity contribution in [1.82, 2.24) is 9.97 Å². The van der Waals surface area contributed by atoms with E-state index in [1.54, 1.807) is 12.4 Å². The Morgan fingerprint density at radius 1 is 1.28 bits per heavy atom. The van der Waals surface area contributed by atoms with Gasteiger partial charge in [-0.3, -0.25) is 0 Å². The molecule has 0 aliphatic heterocycles. The van der Waals surface area contributed by atoms with E-state index in [9.17, 15) is 0 Å². The Hall–Kier alpha value is -1.46. The van der Waals surface area contributed by atoms with E-state index in [4.69, 9.17) is 10.5 Å². The highest BCUT2D eigenvalue weighted by Gasteiger charge is 2.05. The van der Waals surface area contributed by atoms with Crippen molar-refractivity contribution in [2.45, 2.75) is 19.4 Å². The van der Waals surface area contributed by atoms with Crippen LogP contribution in [0.3, 0.4) is 0 Å². The molecule has 18 heavy (non-hydrogen) atoms. The molecule has 5 heteroatoms. The zero-order valence-electron chi connectivity index (χ0n) is 10.0. The molecule has 1 atom stereocenters. The first kappa shape index (κ1) is 13.0. The maximum absolute atomic E-state index is 5.71. The van der Waals surface area contributed by atoms with E-state index in [1.807, 2.05) is 31.2 Å². The van der Waals surface area contributed by atoms with E-state index in [-0.39, 0.29) is 6.04 Å². The van der Waals surface area contributed by atoms with Crippen LogP contribution in [0.15, 0.2) is 41.1 Å². The van der Waals surface area contributed by atoms with Crippen LogP contribution in [0.5, 0.6) is 11.8 Å². The predicted octanol–water partition coefficient (Wildman–Crippen LogP) is 2.92. The molecule has 0 saturated carbocycles. The molecule has 0 radical (unpaired) electrons. The molecule has 1 aromatic carbocycles. The van der Waals surface area contributed by atoms with Crippen LogP contribution in [0, 0.1) is 0 Å². The topological polar surface area (TPSA) is 61.0 Å². The van der Waals surface area contributed by atoms with Crippen LogP contribution < -0.4 is 10.5 Å². The van der Waals surface area contributed by atoms with E-state index in [2.05, 4.69) is 25.9 Å². The lowest BCUT2D eigenvalue weighted by Gasteiger charge is -2.07. The predicted molar refractivity (Wildman–Crippen MR) is 73.6 cm³/mol. The summed E-state index contributed by atoms with van der Waals surface area (Å²) in [5, 5.41) is 0. The number of nitrogens with zero attached hydrogens (tertiary/aromatic N) is 2. The second-order valence-corrected chi connectivity index (χ2v) is 4.94. The van der Waals surface area contributed by atoms with Gasteiger partial charge in [-0.1, -0.05) is 12.1 Å². The highest BCUT2D eigenvalue weighted by molar-refractivity contribution is 9.10. The summed E-state index contributed by atoms with van der Waals surface area (Å²) in [6, 6.07) is 8.00. The van der Waals surface area contributed by atoms with Crippen LogP contribution in [0.1, 0.15) is 12.5 Å². The summed E-state index contributed by atoms with van der Waals surface area (Å²) in [6.07, 6.45) is 4.24. The maximum Gasteiger partial charge on any atom is 0.321 e. The summed E-state index contributed by atoms with van der Waals surface area (Å²) in [7, 11) is 0. The lowest BCUT2D eigenvalue weighted by Crippen LogP contribution is -2.17. The van der Waals surface area contributed by atoms with Gasteiger partial charge in [-0.25, -0.2) is 9.97 Å². The molecule has 0 aliphatic carbocycles. The summed E-state index contributed by atoms with van der Waals surface area (Å²) in [5.74, 6) is 0.692. The van der Waals surface area contributed by atoms with Crippen molar-refractivity contribution < 1.29 is 4.74 Å². The molecule has 0 aliphatic rings. The van der Waals surface area contributed by atoms with E-state index < -0.39 is 0 Å². The molecule has 0 fully saturated rings. The Balaban J connectivity index is 2.09. The zero-order chi connectivity index (χ0) is 13.0. The number of nitrogens with two attached hydrogens (primary N) is 1. The molecule has 1 unspecified atom stereocenters. The lowest BCUT2D eigenvalue weighted by molar-refractivity contribution is 0.438. The third-order valence-corrected chi connectivity index (χ3v) is 2.93. The molecular formula is C13H14BrN3O. The van der Waals surface area contributed by atoms with Gasteiger partial charge in [-0.2, -0.15) is 0 Å². The minimum absolute atomic E-state index is 0.101. The Morgan fingerprint density at radius 2 is 1.94 bits per heavy atom. The third-order valence-electron chi connectivity index (χ3n) is 2.28. The normalized spacial score (nSPS) is 12.2. The minimum Gasteiger partial charge on any atom is -0.423 e. The molecule has 0 saturated heterocycles. The molecule has 0 bridgehead atoms.